The van der Waals surface area contributed by atoms with Crippen LogP contribution >= 0.6 is 27.5 Å². The molecule has 0 aromatic heterocycles. The summed E-state index contributed by atoms with van der Waals surface area (Å²) >= 11 is 9.50. The van der Waals surface area contributed by atoms with Crippen LogP contribution in [-0.2, 0) is 4.79 Å². The third-order valence-electron chi connectivity index (χ3n) is 3.88. The lowest BCUT2D eigenvalue weighted by Gasteiger charge is -2.25. The first-order valence-electron chi connectivity index (χ1n) is 6.67. The molecule has 19 heavy (non-hydrogen) atoms. The number of carboxylic acid groups (broad SMARTS) is 1. The number of benzene rings is 1. The van der Waals surface area contributed by atoms with Crippen molar-refractivity contribution in [2.45, 2.75) is 50.3 Å². The average Bonchev–Trinajstić information content (AvgIpc) is 2.38. The fourth-order valence-corrected chi connectivity index (χ4v) is 4.01. The summed E-state index contributed by atoms with van der Waals surface area (Å²) in [7, 11) is 0. The molecule has 1 unspecified atom stereocenters. The second-order valence-corrected chi connectivity index (χ2v) is 6.56. The van der Waals surface area contributed by atoms with Crippen molar-refractivity contribution in [3.63, 3.8) is 0 Å². The largest absolute Gasteiger partial charge is 0.480 e. The molecule has 0 radical (unpaired) electrons. The predicted molar refractivity (Wildman–Crippen MR) is 80.9 cm³/mol. The van der Waals surface area contributed by atoms with Gasteiger partial charge in [-0.1, -0.05) is 41.3 Å². The van der Waals surface area contributed by atoms with E-state index in [0.717, 1.165) is 10.0 Å². The van der Waals surface area contributed by atoms with Gasteiger partial charge in [-0.2, -0.15) is 0 Å². The van der Waals surface area contributed by atoms with Crippen molar-refractivity contribution < 1.29 is 9.90 Å². The fourth-order valence-electron chi connectivity index (χ4n) is 2.98. The Kier molecular flexibility index (Phi) is 4.91. The third-order valence-corrected chi connectivity index (χ3v) is 4.98. The van der Waals surface area contributed by atoms with Crippen molar-refractivity contribution in [2.75, 3.05) is 0 Å². The first-order valence-corrected chi connectivity index (χ1v) is 7.90. The van der Waals surface area contributed by atoms with E-state index in [-0.39, 0.29) is 0 Å². The van der Waals surface area contributed by atoms with Crippen LogP contribution < -0.4 is 0 Å². The molecule has 1 aromatic rings. The summed E-state index contributed by atoms with van der Waals surface area (Å²) in [5, 5.41) is 8.01. The van der Waals surface area contributed by atoms with Gasteiger partial charge in [-0.05, 0) is 48.4 Å². The van der Waals surface area contributed by atoms with Crippen LogP contribution in [0.25, 0.3) is 0 Å². The quantitative estimate of drug-likeness (QED) is 0.767. The van der Waals surface area contributed by atoms with Crippen LogP contribution in [0, 0.1) is 6.92 Å². The SMILES string of the molecule is Cc1cc(C(Cl)C(=O)O)cc(Br)c1C1CCCCC1. The lowest BCUT2D eigenvalue weighted by atomic mass is 9.82. The Balaban J connectivity index is 2.34. The summed E-state index contributed by atoms with van der Waals surface area (Å²) in [6.07, 6.45) is 6.34. The summed E-state index contributed by atoms with van der Waals surface area (Å²) in [6.45, 7) is 2.05. The van der Waals surface area contributed by atoms with Crippen LogP contribution in [0.1, 0.15) is 60.1 Å². The molecule has 1 saturated carbocycles. The Hall–Kier alpha value is -0.540. The number of hydrogen-bond donors (Lipinski definition) is 1. The van der Waals surface area contributed by atoms with E-state index in [1.165, 1.54) is 37.7 Å². The molecule has 0 bridgehead atoms. The molecular weight excluding hydrogens is 328 g/mol. The molecule has 1 aliphatic rings. The zero-order valence-electron chi connectivity index (χ0n) is 11.0. The summed E-state index contributed by atoms with van der Waals surface area (Å²) in [5.41, 5.74) is 3.12. The zero-order valence-corrected chi connectivity index (χ0v) is 13.3. The molecule has 1 atom stereocenters. The predicted octanol–water partition coefficient (Wildman–Crippen LogP) is 5.17. The number of aryl methyl sites for hydroxylation is 1. The van der Waals surface area contributed by atoms with E-state index in [1.807, 2.05) is 19.1 Å². The van der Waals surface area contributed by atoms with Crippen LogP contribution in [0.15, 0.2) is 16.6 Å². The maximum absolute atomic E-state index is 11.0. The molecule has 0 saturated heterocycles. The summed E-state index contributed by atoms with van der Waals surface area (Å²) in [4.78, 5) is 11.0. The molecule has 0 aliphatic heterocycles. The van der Waals surface area contributed by atoms with Crippen molar-refractivity contribution in [3.8, 4) is 0 Å². The van der Waals surface area contributed by atoms with Crippen molar-refractivity contribution in [3.05, 3.63) is 33.3 Å². The molecule has 0 amide bonds. The maximum atomic E-state index is 11.0. The van der Waals surface area contributed by atoms with Gasteiger partial charge >= 0.3 is 5.97 Å². The van der Waals surface area contributed by atoms with Crippen molar-refractivity contribution in [1.29, 1.82) is 0 Å². The molecule has 104 valence electrons. The zero-order chi connectivity index (χ0) is 14.0. The molecule has 1 aromatic carbocycles. The number of aliphatic carboxylic acids is 1. The van der Waals surface area contributed by atoms with Gasteiger partial charge in [0.2, 0.25) is 0 Å². The minimum Gasteiger partial charge on any atom is -0.480 e. The highest BCUT2D eigenvalue weighted by molar-refractivity contribution is 9.10. The molecule has 0 spiro atoms. The summed E-state index contributed by atoms with van der Waals surface area (Å²) in [6, 6.07) is 3.78. The van der Waals surface area contributed by atoms with Gasteiger partial charge in [-0.3, -0.25) is 4.79 Å². The second-order valence-electron chi connectivity index (χ2n) is 5.27. The number of halogens is 2. The third kappa shape index (κ3) is 3.32. The molecule has 2 nitrogen and oxygen atoms in total. The lowest BCUT2D eigenvalue weighted by molar-refractivity contribution is -0.136. The van der Waals surface area contributed by atoms with Crippen LogP contribution in [0.4, 0.5) is 0 Å². The number of alkyl halides is 1. The monoisotopic (exact) mass is 344 g/mol. The molecule has 4 heteroatoms. The average molecular weight is 346 g/mol. The van der Waals surface area contributed by atoms with Crippen molar-refractivity contribution in [2.24, 2.45) is 0 Å². The van der Waals surface area contributed by atoms with E-state index in [1.54, 1.807) is 0 Å². The van der Waals surface area contributed by atoms with Gasteiger partial charge in [-0.25, -0.2) is 0 Å². The Morgan fingerprint density at radius 2 is 2.00 bits per heavy atom. The van der Waals surface area contributed by atoms with Gasteiger partial charge in [0.25, 0.3) is 0 Å². The van der Waals surface area contributed by atoms with Crippen LogP contribution in [0.5, 0.6) is 0 Å². The fraction of sp³-hybridized carbons (Fsp3) is 0.533. The van der Waals surface area contributed by atoms with Gasteiger partial charge in [0.15, 0.2) is 5.38 Å². The number of hydrogen-bond acceptors (Lipinski definition) is 1. The Bertz CT molecular complexity index is 458. The van der Waals surface area contributed by atoms with E-state index < -0.39 is 11.3 Å². The smallest absolute Gasteiger partial charge is 0.326 e. The normalized spacial score (nSPS) is 18.3. The van der Waals surface area contributed by atoms with E-state index in [2.05, 4.69) is 15.9 Å². The maximum Gasteiger partial charge on any atom is 0.326 e. The van der Waals surface area contributed by atoms with E-state index in [0.29, 0.717) is 11.5 Å². The highest BCUT2D eigenvalue weighted by Crippen LogP contribution is 2.40. The minimum absolute atomic E-state index is 0.593. The van der Waals surface area contributed by atoms with E-state index >= 15 is 0 Å². The highest BCUT2D eigenvalue weighted by atomic mass is 79.9. The van der Waals surface area contributed by atoms with Gasteiger partial charge in [0.1, 0.15) is 0 Å². The van der Waals surface area contributed by atoms with Crippen LogP contribution in [-0.4, -0.2) is 11.1 Å². The van der Waals surface area contributed by atoms with Crippen LogP contribution in [0.2, 0.25) is 0 Å². The van der Waals surface area contributed by atoms with Gasteiger partial charge < -0.3 is 5.11 Å². The van der Waals surface area contributed by atoms with Gasteiger partial charge in [-0.15, -0.1) is 11.6 Å². The van der Waals surface area contributed by atoms with Crippen molar-refractivity contribution in [1.82, 2.24) is 0 Å². The number of rotatable bonds is 3. The topological polar surface area (TPSA) is 37.3 Å². The first-order chi connectivity index (χ1) is 9.00. The molecule has 1 aliphatic carbocycles. The Labute approximate surface area is 127 Å². The Morgan fingerprint density at radius 1 is 1.37 bits per heavy atom. The molecule has 1 N–H and O–H groups in total. The van der Waals surface area contributed by atoms with Gasteiger partial charge in [0, 0.05) is 4.47 Å². The van der Waals surface area contributed by atoms with Crippen LogP contribution in [0.3, 0.4) is 0 Å². The first kappa shape index (κ1) is 14.9. The minimum atomic E-state index is -1.00. The highest BCUT2D eigenvalue weighted by Gasteiger charge is 2.23. The summed E-state index contributed by atoms with van der Waals surface area (Å²) in [5.74, 6) is -0.408. The van der Waals surface area contributed by atoms with E-state index in [9.17, 15) is 4.79 Å². The Morgan fingerprint density at radius 3 is 2.53 bits per heavy atom. The second kappa shape index (κ2) is 6.27. The number of carboxylic acids is 1. The molecule has 2 rings (SSSR count). The number of carbonyl (C=O) groups is 1. The van der Waals surface area contributed by atoms with Crippen molar-refractivity contribution >= 4 is 33.5 Å². The molecule has 1 fully saturated rings. The van der Waals surface area contributed by atoms with Gasteiger partial charge in [0.05, 0.1) is 0 Å². The standard InChI is InChI=1S/C15H18BrClO2/c1-9-7-11(14(17)15(18)19)8-12(16)13(9)10-5-3-2-4-6-10/h7-8,10,14H,2-6H2,1H3,(H,18,19). The lowest BCUT2D eigenvalue weighted by Crippen LogP contribution is -2.10. The molecular formula is C15H18BrClO2. The summed E-state index contributed by atoms with van der Waals surface area (Å²) < 4.78 is 1.00. The molecule has 0 heterocycles. The van der Waals surface area contributed by atoms with E-state index in [4.69, 9.17) is 16.7 Å².